The number of non-ortho nitro benzene ring substituents is 1. The van der Waals surface area contributed by atoms with Crippen LogP contribution in [0.15, 0.2) is 53.0 Å². The predicted molar refractivity (Wildman–Crippen MR) is 84.9 cm³/mol. The molecule has 0 unspecified atom stereocenters. The quantitative estimate of drug-likeness (QED) is 0.503. The zero-order valence-electron chi connectivity index (χ0n) is 11.1. The Hall–Kier alpha value is -2.54. The molecule has 2 rings (SSSR count). The molecule has 112 valence electrons. The van der Waals surface area contributed by atoms with Crippen LogP contribution in [0.2, 0.25) is 0 Å². The van der Waals surface area contributed by atoms with Crippen molar-refractivity contribution in [2.24, 2.45) is 0 Å². The number of carbonyl (C=O) groups excluding carboxylic acids is 1. The van der Waals surface area contributed by atoms with Crippen LogP contribution in [0.4, 0.5) is 15.8 Å². The molecule has 0 aromatic heterocycles. The maximum Gasteiger partial charge on any atom is 0.270 e. The van der Waals surface area contributed by atoms with Gasteiger partial charge >= 0.3 is 0 Å². The van der Waals surface area contributed by atoms with Crippen LogP contribution in [0, 0.1) is 15.9 Å². The lowest BCUT2D eigenvalue weighted by atomic mass is 10.2. The standard InChI is InChI=1S/C15H10BrFN2O3/c16-13-9-12(19(21)22)6-7-14(13)18-15(20)8-3-10-1-4-11(17)5-2-10/h1-9H,(H,18,20). The van der Waals surface area contributed by atoms with E-state index in [0.717, 1.165) is 0 Å². The normalized spacial score (nSPS) is 10.6. The van der Waals surface area contributed by atoms with Crippen LogP contribution >= 0.6 is 15.9 Å². The highest BCUT2D eigenvalue weighted by molar-refractivity contribution is 9.10. The Kier molecular flexibility index (Phi) is 5.00. The van der Waals surface area contributed by atoms with Crippen molar-refractivity contribution >= 4 is 39.3 Å². The SMILES string of the molecule is O=C(C=Cc1ccc(F)cc1)Nc1ccc([N+](=O)[O-])cc1Br. The number of hydrogen-bond acceptors (Lipinski definition) is 3. The molecule has 22 heavy (non-hydrogen) atoms. The second-order valence-electron chi connectivity index (χ2n) is 4.30. The van der Waals surface area contributed by atoms with E-state index in [2.05, 4.69) is 21.2 Å². The van der Waals surface area contributed by atoms with Crippen LogP contribution in [0.5, 0.6) is 0 Å². The second-order valence-corrected chi connectivity index (χ2v) is 5.15. The number of hydrogen-bond donors (Lipinski definition) is 1. The van der Waals surface area contributed by atoms with Gasteiger partial charge in [-0.1, -0.05) is 12.1 Å². The van der Waals surface area contributed by atoms with Crippen LogP contribution in [0.3, 0.4) is 0 Å². The van der Waals surface area contributed by atoms with E-state index >= 15 is 0 Å². The van der Waals surface area contributed by atoms with E-state index in [9.17, 15) is 19.3 Å². The van der Waals surface area contributed by atoms with Crippen molar-refractivity contribution in [3.05, 3.63) is 74.5 Å². The molecule has 7 heteroatoms. The first-order valence-corrected chi connectivity index (χ1v) is 6.93. The first-order valence-electron chi connectivity index (χ1n) is 6.14. The van der Waals surface area contributed by atoms with Crippen molar-refractivity contribution in [1.29, 1.82) is 0 Å². The summed E-state index contributed by atoms with van der Waals surface area (Å²) in [5, 5.41) is 13.2. The van der Waals surface area contributed by atoms with Crippen molar-refractivity contribution in [1.82, 2.24) is 0 Å². The molecule has 0 aliphatic carbocycles. The van der Waals surface area contributed by atoms with Gasteiger partial charge in [0.05, 0.1) is 10.6 Å². The number of nitro groups is 1. The number of anilines is 1. The fraction of sp³-hybridized carbons (Fsp3) is 0. The number of nitrogens with one attached hydrogen (secondary N) is 1. The lowest BCUT2D eigenvalue weighted by Gasteiger charge is -2.04. The Morgan fingerprint density at radius 2 is 1.91 bits per heavy atom. The average molecular weight is 365 g/mol. The topological polar surface area (TPSA) is 72.2 Å². The molecule has 0 saturated heterocycles. The van der Waals surface area contributed by atoms with Crippen molar-refractivity contribution in [3.63, 3.8) is 0 Å². The molecule has 2 aromatic rings. The fourth-order valence-corrected chi connectivity index (χ4v) is 2.10. The smallest absolute Gasteiger partial charge is 0.270 e. The van der Waals surface area contributed by atoms with E-state index in [4.69, 9.17) is 0 Å². The summed E-state index contributed by atoms with van der Waals surface area (Å²) in [4.78, 5) is 21.9. The average Bonchev–Trinajstić information content (AvgIpc) is 2.48. The molecule has 0 atom stereocenters. The summed E-state index contributed by atoms with van der Waals surface area (Å²) in [7, 11) is 0. The number of benzene rings is 2. The molecule has 1 N–H and O–H groups in total. The number of amides is 1. The molecular formula is C15H10BrFN2O3. The van der Waals surface area contributed by atoms with Gasteiger partial charge in [0.25, 0.3) is 5.69 Å². The lowest BCUT2D eigenvalue weighted by molar-refractivity contribution is -0.384. The minimum atomic E-state index is -0.523. The maximum absolute atomic E-state index is 12.8. The first kappa shape index (κ1) is 15.8. The first-order chi connectivity index (χ1) is 10.5. The third-order valence-electron chi connectivity index (χ3n) is 2.72. The van der Waals surface area contributed by atoms with Crippen molar-refractivity contribution < 1.29 is 14.1 Å². The Morgan fingerprint density at radius 1 is 1.23 bits per heavy atom. The number of nitro benzene ring substituents is 1. The second kappa shape index (κ2) is 6.95. The van der Waals surface area contributed by atoms with Gasteiger partial charge in [0, 0.05) is 22.7 Å². The summed E-state index contributed by atoms with van der Waals surface area (Å²) in [6.07, 6.45) is 2.83. The molecule has 0 bridgehead atoms. The Labute approximate surface area is 133 Å². The largest absolute Gasteiger partial charge is 0.321 e. The molecule has 2 aromatic carbocycles. The molecular weight excluding hydrogens is 355 g/mol. The number of carbonyl (C=O) groups is 1. The van der Waals surface area contributed by atoms with E-state index in [1.165, 1.54) is 42.5 Å². The monoisotopic (exact) mass is 364 g/mol. The minimum Gasteiger partial charge on any atom is -0.321 e. The highest BCUT2D eigenvalue weighted by Gasteiger charge is 2.10. The number of halogens is 2. The van der Waals surface area contributed by atoms with E-state index in [-0.39, 0.29) is 11.5 Å². The van der Waals surface area contributed by atoms with Gasteiger partial charge in [-0.25, -0.2) is 4.39 Å². The fourth-order valence-electron chi connectivity index (χ4n) is 1.64. The molecule has 0 heterocycles. The van der Waals surface area contributed by atoms with Gasteiger partial charge in [-0.05, 0) is 45.8 Å². The van der Waals surface area contributed by atoms with Crippen LogP contribution in [-0.2, 0) is 4.79 Å². The van der Waals surface area contributed by atoms with Gasteiger partial charge in [0.2, 0.25) is 5.91 Å². The molecule has 1 amide bonds. The van der Waals surface area contributed by atoms with Crippen LogP contribution in [-0.4, -0.2) is 10.8 Å². The van der Waals surface area contributed by atoms with Crippen LogP contribution < -0.4 is 5.32 Å². The molecule has 0 saturated carbocycles. The van der Waals surface area contributed by atoms with E-state index in [0.29, 0.717) is 15.7 Å². The Balaban J connectivity index is 2.05. The van der Waals surface area contributed by atoms with Gasteiger partial charge in [-0.3, -0.25) is 14.9 Å². The third kappa shape index (κ3) is 4.23. The van der Waals surface area contributed by atoms with Crippen LogP contribution in [0.1, 0.15) is 5.56 Å². The molecule has 0 radical (unpaired) electrons. The molecule has 0 fully saturated rings. The van der Waals surface area contributed by atoms with Crippen LogP contribution in [0.25, 0.3) is 6.08 Å². The zero-order valence-corrected chi connectivity index (χ0v) is 12.7. The predicted octanol–water partition coefficient (Wildman–Crippen LogP) is 4.15. The van der Waals surface area contributed by atoms with E-state index in [1.807, 2.05) is 0 Å². The summed E-state index contributed by atoms with van der Waals surface area (Å²) < 4.78 is 13.2. The van der Waals surface area contributed by atoms with Gasteiger partial charge in [-0.2, -0.15) is 0 Å². The highest BCUT2D eigenvalue weighted by atomic mass is 79.9. The van der Waals surface area contributed by atoms with E-state index < -0.39 is 10.8 Å². The zero-order chi connectivity index (χ0) is 16.1. The third-order valence-corrected chi connectivity index (χ3v) is 3.37. The number of rotatable bonds is 4. The lowest BCUT2D eigenvalue weighted by Crippen LogP contribution is -2.08. The van der Waals surface area contributed by atoms with Gasteiger partial charge in [-0.15, -0.1) is 0 Å². The Morgan fingerprint density at radius 3 is 2.50 bits per heavy atom. The van der Waals surface area contributed by atoms with Crippen molar-refractivity contribution in [2.45, 2.75) is 0 Å². The van der Waals surface area contributed by atoms with E-state index in [1.54, 1.807) is 12.1 Å². The summed E-state index contributed by atoms with van der Waals surface area (Å²) in [5.41, 5.74) is 1.02. The molecule has 5 nitrogen and oxygen atoms in total. The summed E-state index contributed by atoms with van der Waals surface area (Å²) in [6, 6.07) is 9.71. The van der Waals surface area contributed by atoms with Gasteiger partial charge in [0.1, 0.15) is 5.82 Å². The molecule has 0 aliphatic heterocycles. The van der Waals surface area contributed by atoms with Gasteiger partial charge < -0.3 is 5.32 Å². The van der Waals surface area contributed by atoms with Crippen molar-refractivity contribution in [3.8, 4) is 0 Å². The maximum atomic E-state index is 12.8. The van der Waals surface area contributed by atoms with Crippen molar-refractivity contribution in [2.75, 3.05) is 5.32 Å². The summed E-state index contributed by atoms with van der Waals surface area (Å²) in [5.74, 6) is -0.754. The van der Waals surface area contributed by atoms with Gasteiger partial charge in [0.15, 0.2) is 0 Å². The summed E-state index contributed by atoms with van der Waals surface area (Å²) in [6.45, 7) is 0. The number of nitrogens with zero attached hydrogens (tertiary/aromatic N) is 1. The molecule has 0 aliphatic rings. The Bertz CT molecular complexity index is 745. The molecule has 0 spiro atoms. The summed E-state index contributed by atoms with van der Waals surface area (Å²) >= 11 is 3.16. The minimum absolute atomic E-state index is 0.0771. The highest BCUT2D eigenvalue weighted by Crippen LogP contribution is 2.27.